The standard InChI is InChI=1S/C26H27F3N2O2S/c1-2-3-15-30(25(33)21-11-13-22(14-12-21)26(27,28)29)19-24(32)31(18-23-10-7-16-34-23)17-20-8-5-4-6-9-20/h4-14,16H,2-3,15,17-19H2,1H3. The van der Waals surface area contributed by atoms with Crippen molar-refractivity contribution >= 4 is 23.2 Å². The van der Waals surface area contributed by atoms with Gasteiger partial charge in [-0.2, -0.15) is 13.2 Å². The van der Waals surface area contributed by atoms with Crippen LogP contribution in [0.1, 0.15) is 46.1 Å². The van der Waals surface area contributed by atoms with E-state index in [4.69, 9.17) is 0 Å². The highest BCUT2D eigenvalue weighted by Gasteiger charge is 2.30. The van der Waals surface area contributed by atoms with Crippen LogP contribution in [0.3, 0.4) is 0 Å². The normalized spacial score (nSPS) is 11.3. The van der Waals surface area contributed by atoms with Crippen LogP contribution in [-0.2, 0) is 24.1 Å². The van der Waals surface area contributed by atoms with Gasteiger partial charge in [0.1, 0.15) is 6.54 Å². The fraction of sp³-hybridized carbons (Fsp3) is 0.308. The molecule has 0 N–H and O–H groups in total. The van der Waals surface area contributed by atoms with Crippen molar-refractivity contribution in [2.24, 2.45) is 0 Å². The Balaban J connectivity index is 1.78. The molecule has 0 bridgehead atoms. The highest BCUT2D eigenvalue weighted by Crippen LogP contribution is 2.29. The summed E-state index contributed by atoms with van der Waals surface area (Å²) in [5.74, 6) is -0.667. The lowest BCUT2D eigenvalue weighted by molar-refractivity contribution is -0.137. The van der Waals surface area contributed by atoms with Crippen molar-refractivity contribution in [1.82, 2.24) is 9.80 Å². The zero-order valence-electron chi connectivity index (χ0n) is 18.9. The molecule has 1 aromatic heterocycles. The van der Waals surface area contributed by atoms with Crippen LogP contribution in [0.5, 0.6) is 0 Å². The average molecular weight is 489 g/mol. The first kappa shape index (κ1) is 25.5. The van der Waals surface area contributed by atoms with E-state index in [0.717, 1.165) is 29.0 Å². The SMILES string of the molecule is CCCCN(CC(=O)N(Cc1ccccc1)Cc1cccs1)C(=O)c1ccc(C(F)(F)F)cc1. The van der Waals surface area contributed by atoms with Gasteiger partial charge in [-0.1, -0.05) is 49.7 Å². The van der Waals surface area contributed by atoms with Crippen LogP contribution in [-0.4, -0.2) is 34.7 Å². The third-order valence-corrected chi connectivity index (χ3v) is 6.21. The predicted octanol–water partition coefficient (Wildman–Crippen LogP) is 6.24. The summed E-state index contributed by atoms with van der Waals surface area (Å²) in [6.45, 7) is 2.99. The molecule has 180 valence electrons. The molecule has 3 rings (SSSR count). The fourth-order valence-electron chi connectivity index (χ4n) is 3.48. The minimum absolute atomic E-state index is 0.129. The van der Waals surface area contributed by atoms with Gasteiger partial charge < -0.3 is 9.80 Å². The Bertz CT molecular complexity index is 1050. The van der Waals surface area contributed by atoms with E-state index in [2.05, 4.69) is 0 Å². The van der Waals surface area contributed by atoms with E-state index >= 15 is 0 Å². The van der Waals surface area contributed by atoms with E-state index in [-0.39, 0.29) is 18.0 Å². The quantitative estimate of drug-likeness (QED) is 0.339. The van der Waals surface area contributed by atoms with Gasteiger partial charge in [0.25, 0.3) is 5.91 Å². The number of rotatable bonds is 10. The number of hydrogen-bond acceptors (Lipinski definition) is 3. The lowest BCUT2D eigenvalue weighted by Crippen LogP contribution is -2.42. The van der Waals surface area contributed by atoms with E-state index in [1.165, 1.54) is 17.0 Å². The third kappa shape index (κ3) is 7.18. The summed E-state index contributed by atoms with van der Waals surface area (Å²) >= 11 is 1.55. The Morgan fingerprint density at radius 2 is 1.59 bits per heavy atom. The predicted molar refractivity (Wildman–Crippen MR) is 127 cm³/mol. The summed E-state index contributed by atoms with van der Waals surface area (Å²) in [6.07, 6.45) is -2.98. The van der Waals surface area contributed by atoms with Crippen molar-refractivity contribution < 1.29 is 22.8 Å². The molecule has 0 aliphatic heterocycles. The van der Waals surface area contributed by atoms with Gasteiger partial charge in [0.15, 0.2) is 0 Å². The molecule has 0 unspecified atom stereocenters. The zero-order valence-corrected chi connectivity index (χ0v) is 19.7. The molecule has 2 amide bonds. The third-order valence-electron chi connectivity index (χ3n) is 5.35. The molecular weight excluding hydrogens is 461 g/mol. The highest BCUT2D eigenvalue weighted by atomic mass is 32.1. The molecule has 2 aromatic carbocycles. The van der Waals surface area contributed by atoms with Crippen LogP contribution in [0.25, 0.3) is 0 Å². The number of halogens is 3. The number of alkyl halides is 3. The zero-order chi connectivity index (χ0) is 24.6. The lowest BCUT2D eigenvalue weighted by atomic mass is 10.1. The second-order valence-corrected chi connectivity index (χ2v) is 9.00. The number of hydrogen-bond donors (Lipinski definition) is 0. The molecule has 0 atom stereocenters. The lowest BCUT2D eigenvalue weighted by Gasteiger charge is -2.28. The van der Waals surface area contributed by atoms with Crippen LogP contribution in [0.15, 0.2) is 72.1 Å². The van der Waals surface area contributed by atoms with Crippen LogP contribution < -0.4 is 0 Å². The second kappa shape index (κ2) is 11.8. The average Bonchev–Trinajstić information content (AvgIpc) is 3.34. The van der Waals surface area contributed by atoms with E-state index in [0.29, 0.717) is 26.1 Å². The molecule has 0 radical (unpaired) electrons. The maximum Gasteiger partial charge on any atom is 0.416 e. The summed E-state index contributed by atoms with van der Waals surface area (Å²) in [6, 6.07) is 17.6. The second-order valence-electron chi connectivity index (χ2n) is 7.97. The number of nitrogens with zero attached hydrogens (tertiary/aromatic N) is 2. The van der Waals surface area contributed by atoms with Gasteiger partial charge in [0.05, 0.1) is 12.1 Å². The summed E-state index contributed by atoms with van der Waals surface area (Å²) in [7, 11) is 0. The van der Waals surface area contributed by atoms with Crippen molar-refractivity contribution in [2.75, 3.05) is 13.1 Å². The molecule has 3 aromatic rings. The van der Waals surface area contributed by atoms with Crippen molar-refractivity contribution in [3.05, 3.63) is 93.7 Å². The maximum atomic E-state index is 13.4. The fourth-order valence-corrected chi connectivity index (χ4v) is 4.20. The molecule has 0 fully saturated rings. The summed E-state index contributed by atoms with van der Waals surface area (Å²) in [4.78, 5) is 30.6. The topological polar surface area (TPSA) is 40.6 Å². The van der Waals surface area contributed by atoms with Gasteiger partial charge in [0.2, 0.25) is 5.91 Å². The van der Waals surface area contributed by atoms with Gasteiger partial charge in [-0.15, -0.1) is 11.3 Å². The smallest absolute Gasteiger partial charge is 0.332 e. The van der Waals surface area contributed by atoms with Crippen LogP contribution >= 0.6 is 11.3 Å². The number of carbonyl (C=O) groups is 2. The Kier molecular flexibility index (Phi) is 8.87. The van der Waals surface area contributed by atoms with E-state index in [1.807, 2.05) is 54.8 Å². The molecule has 34 heavy (non-hydrogen) atoms. The van der Waals surface area contributed by atoms with Crippen molar-refractivity contribution in [2.45, 2.75) is 39.0 Å². The van der Waals surface area contributed by atoms with Crippen LogP contribution in [0.2, 0.25) is 0 Å². The number of amides is 2. The monoisotopic (exact) mass is 488 g/mol. The minimum Gasteiger partial charge on any atom is -0.332 e. The van der Waals surface area contributed by atoms with E-state index in [1.54, 1.807) is 16.2 Å². The van der Waals surface area contributed by atoms with Gasteiger partial charge in [-0.25, -0.2) is 0 Å². The van der Waals surface area contributed by atoms with Crippen LogP contribution in [0, 0.1) is 0 Å². The number of thiophene rings is 1. The minimum atomic E-state index is -4.47. The molecule has 0 spiro atoms. The first-order valence-electron chi connectivity index (χ1n) is 11.1. The van der Waals surface area contributed by atoms with Crippen molar-refractivity contribution in [3.63, 3.8) is 0 Å². The number of benzene rings is 2. The molecule has 1 heterocycles. The Morgan fingerprint density at radius 3 is 2.18 bits per heavy atom. The molecule has 4 nitrogen and oxygen atoms in total. The Hall–Kier alpha value is -3.13. The van der Waals surface area contributed by atoms with E-state index in [9.17, 15) is 22.8 Å². The van der Waals surface area contributed by atoms with E-state index < -0.39 is 17.6 Å². The summed E-state index contributed by atoms with van der Waals surface area (Å²) < 4.78 is 38.7. The molecule has 0 saturated carbocycles. The molecule has 8 heteroatoms. The molecule has 0 aliphatic carbocycles. The van der Waals surface area contributed by atoms with Crippen molar-refractivity contribution in [1.29, 1.82) is 0 Å². The van der Waals surface area contributed by atoms with Gasteiger partial charge in [-0.05, 0) is 47.7 Å². The first-order chi connectivity index (χ1) is 16.3. The summed E-state index contributed by atoms with van der Waals surface area (Å²) in [5, 5.41) is 1.95. The molecular formula is C26H27F3N2O2S. The Labute approximate surface area is 201 Å². The Morgan fingerprint density at radius 1 is 0.882 bits per heavy atom. The highest BCUT2D eigenvalue weighted by molar-refractivity contribution is 7.09. The van der Waals surface area contributed by atoms with Gasteiger partial charge in [0, 0.05) is 23.5 Å². The van der Waals surface area contributed by atoms with Crippen LogP contribution in [0.4, 0.5) is 13.2 Å². The first-order valence-corrected chi connectivity index (χ1v) is 12.0. The number of carbonyl (C=O) groups excluding carboxylic acids is 2. The largest absolute Gasteiger partial charge is 0.416 e. The van der Waals surface area contributed by atoms with Gasteiger partial charge in [-0.3, -0.25) is 9.59 Å². The maximum absolute atomic E-state index is 13.4. The van der Waals surface area contributed by atoms with Crippen molar-refractivity contribution in [3.8, 4) is 0 Å². The summed E-state index contributed by atoms with van der Waals surface area (Å²) in [5.41, 5.74) is 0.288. The number of unbranched alkanes of at least 4 members (excludes halogenated alkanes) is 1. The molecule has 0 saturated heterocycles. The molecule has 0 aliphatic rings. The van der Waals surface area contributed by atoms with Gasteiger partial charge >= 0.3 is 6.18 Å².